The maximum absolute atomic E-state index is 12.5. The zero-order valence-electron chi connectivity index (χ0n) is 11.7. The minimum Gasteiger partial charge on any atom is -0.333 e. The van der Waals surface area contributed by atoms with Gasteiger partial charge in [0, 0.05) is 30.2 Å². The average molecular weight is 246 g/mol. The lowest BCUT2D eigenvalue weighted by Crippen LogP contribution is -2.62. The van der Waals surface area contributed by atoms with Gasteiger partial charge in [-0.25, -0.2) is 0 Å². The second kappa shape index (κ2) is 4.73. The normalized spacial score (nSPS) is 22.9. The molecule has 1 saturated heterocycles. The van der Waals surface area contributed by atoms with Crippen molar-refractivity contribution in [3.8, 4) is 0 Å². The molecule has 1 heterocycles. The number of hydrogen-bond acceptors (Lipinski definition) is 2. The lowest BCUT2D eigenvalue weighted by Gasteiger charge is -2.43. The van der Waals surface area contributed by atoms with E-state index in [1.807, 2.05) is 36.1 Å². The first-order valence-electron chi connectivity index (χ1n) is 6.52. The number of piperazine rings is 1. The maximum Gasteiger partial charge on any atom is 0.254 e. The summed E-state index contributed by atoms with van der Waals surface area (Å²) in [5.41, 5.74) is 1.96. The predicted octanol–water partition coefficient (Wildman–Crippen LogP) is 2.21. The molecule has 0 aliphatic carbocycles. The Bertz CT molecular complexity index is 436. The van der Waals surface area contributed by atoms with Crippen LogP contribution < -0.4 is 5.32 Å². The van der Waals surface area contributed by atoms with Crippen LogP contribution in [0.3, 0.4) is 0 Å². The largest absolute Gasteiger partial charge is 0.333 e. The van der Waals surface area contributed by atoms with Crippen LogP contribution in [0.4, 0.5) is 0 Å². The van der Waals surface area contributed by atoms with E-state index in [-0.39, 0.29) is 17.5 Å². The van der Waals surface area contributed by atoms with Gasteiger partial charge in [-0.3, -0.25) is 4.79 Å². The fourth-order valence-corrected chi connectivity index (χ4v) is 2.31. The molecule has 3 heteroatoms. The van der Waals surface area contributed by atoms with Gasteiger partial charge in [-0.05, 0) is 39.8 Å². The van der Waals surface area contributed by atoms with Crippen LogP contribution in [0.5, 0.6) is 0 Å². The summed E-state index contributed by atoms with van der Waals surface area (Å²) in [5.74, 6) is 0.136. The lowest BCUT2D eigenvalue weighted by molar-refractivity contribution is 0.0533. The Balaban J connectivity index is 2.19. The summed E-state index contributed by atoms with van der Waals surface area (Å²) in [5, 5.41) is 3.46. The lowest BCUT2D eigenvalue weighted by atomic mass is 9.98. The van der Waals surface area contributed by atoms with E-state index >= 15 is 0 Å². The van der Waals surface area contributed by atoms with Gasteiger partial charge in [0.25, 0.3) is 5.91 Å². The Hall–Kier alpha value is -1.35. The summed E-state index contributed by atoms with van der Waals surface area (Å²) in [7, 11) is 0. The number of nitrogens with one attached hydrogen (secondary N) is 1. The Morgan fingerprint density at radius 2 is 1.94 bits per heavy atom. The highest BCUT2D eigenvalue weighted by Crippen LogP contribution is 2.18. The molecule has 0 spiro atoms. The SMILES string of the molecule is Cc1ccc(C(=O)N2CC(C)(C)NCC2C)cc1. The van der Waals surface area contributed by atoms with Crippen LogP contribution in [-0.4, -0.2) is 35.5 Å². The molecule has 1 unspecified atom stereocenters. The fourth-order valence-electron chi connectivity index (χ4n) is 2.31. The molecule has 1 atom stereocenters. The minimum atomic E-state index is -0.00708. The molecule has 1 amide bonds. The Morgan fingerprint density at radius 3 is 2.56 bits per heavy atom. The molecule has 0 aromatic heterocycles. The van der Waals surface area contributed by atoms with E-state index in [9.17, 15) is 4.79 Å². The number of carbonyl (C=O) groups is 1. The molecule has 98 valence electrons. The molecule has 1 aromatic rings. The second-order valence-corrected chi connectivity index (χ2v) is 5.91. The summed E-state index contributed by atoms with van der Waals surface area (Å²) in [6, 6.07) is 8.06. The quantitative estimate of drug-likeness (QED) is 0.824. The van der Waals surface area contributed by atoms with E-state index in [4.69, 9.17) is 0 Å². The van der Waals surface area contributed by atoms with Crippen molar-refractivity contribution in [2.45, 2.75) is 39.3 Å². The van der Waals surface area contributed by atoms with Crippen LogP contribution in [0.2, 0.25) is 0 Å². The number of rotatable bonds is 1. The highest BCUT2D eigenvalue weighted by molar-refractivity contribution is 5.94. The molecule has 1 N–H and O–H groups in total. The van der Waals surface area contributed by atoms with Gasteiger partial charge in [0.2, 0.25) is 0 Å². The van der Waals surface area contributed by atoms with Crippen molar-refractivity contribution < 1.29 is 4.79 Å². The van der Waals surface area contributed by atoms with Crippen LogP contribution in [0.15, 0.2) is 24.3 Å². The van der Waals surface area contributed by atoms with E-state index in [0.29, 0.717) is 0 Å². The minimum absolute atomic E-state index is 0.00708. The molecular weight excluding hydrogens is 224 g/mol. The zero-order valence-corrected chi connectivity index (χ0v) is 11.7. The van der Waals surface area contributed by atoms with Gasteiger partial charge in [-0.15, -0.1) is 0 Å². The topological polar surface area (TPSA) is 32.3 Å². The smallest absolute Gasteiger partial charge is 0.254 e. The Morgan fingerprint density at radius 1 is 1.33 bits per heavy atom. The van der Waals surface area contributed by atoms with Crippen molar-refractivity contribution in [1.82, 2.24) is 10.2 Å². The van der Waals surface area contributed by atoms with E-state index in [2.05, 4.69) is 26.1 Å². The third-order valence-electron chi connectivity index (χ3n) is 3.53. The van der Waals surface area contributed by atoms with Crippen LogP contribution in [-0.2, 0) is 0 Å². The number of hydrogen-bond donors (Lipinski definition) is 1. The third-order valence-corrected chi connectivity index (χ3v) is 3.53. The monoisotopic (exact) mass is 246 g/mol. The molecule has 2 rings (SSSR count). The van der Waals surface area contributed by atoms with Crippen molar-refractivity contribution >= 4 is 5.91 Å². The van der Waals surface area contributed by atoms with Crippen LogP contribution in [0.1, 0.15) is 36.7 Å². The molecule has 1 fully saturated rings. The second-order valence-electron chi connectivity index (χ2n) is 5.91. The number of aryl methyl sites for hydroxylation is 1. The van der Waals surface area contributed by atoms with Gasteiger partial charge in [-0.1, -0.05) is 17.7 Å². The van der Waals surface area contributed by atoms with Crippen LogP contribution in [0.25, 0.3) is 0 Å². The Kier molecular flexibility index (Phi) is 3.44. The van der Waals surface area contributed by atoms with Crippen molar-refractivity contribution in [2.75, 3.05) is 13.1 Å². The van der Waals surface area contributed by atoms with Gasteiger partial charge < -0.3 is 10.2 Å². The van der Waals surface area contributed by atoms with Gasteiger partial charge in [-0.2, -0.15) is 0 Å². The number of carbonyl (C=O) groups excluding carboxylic acids is 1. The Labute approximate surface area is 109 Å². The maximum atomic E-state index is 12.5. The van der Waals surface area contributed by atoms with Crippen LogP contribution in [0, 0.1) is 6.92 Å². The highest BCUT2D eigenvalue weighted by Gasteiger charge is 2.33. The number of benzene rings is 1. The summed E-state index contributed by atoms with van der Waals surface area (Å²) in [4.78, 5) is 14.5. The zero-order chi connectivity index (χ0) is 13.3. The van der Waals surface area contributed by atoms with Crippen molar-refractivity contribution in [3.05, 3.63) is 35.4 Å². The molecule has 0 saturated carbocycles. The van der Waals surface area contributed by atoms with Crippen molar-refractivity contribution in [1.29, 1.82) is 0 Å². The molecule has 18 heavy (non-hydrogen) atoms. The van der Waals surface area contributed by atoms with Crippen molar-refractivity contribution in [2.24, 2.45) is 0 Å². The molecule has 0 radical (unpaired) electrons. The summed E-state index contributed by atoms with van der Waals surface area (Å²) in [6.07, 6.45) is 0. The van der Waals surface area contributed by atoms with Gasteiger partial charge in [0.05, 0.1) is 0 Å². The predicted molar refractivity (Wildman–Crippen MR) is 73.8 cm³/mol. The average Bonchev–Trinajstić information content (AvgIpc) is 2.32. The van der Waals surface area contributed by atoms with Gasteiger partial charge in [0.15, 0.2) is 0 Å². The molecule has 1 aliphatic rings. The number of nitrogens with zero attached hydrogens (tertiary/aromatic N) is 1. The molecule has 3 nitrogen and oxygen atoms in total. The first-order valence-corrected chi connectivity index (χ1v) is 6.52. The fraction of sp³-hybridized carbons (Fsp3) is 0.533. The highest BCUT2D eigenvalue weighted by atomic mass is 16.2. The first-order chi connectivity index (χ1) is 8.39. The summed E-state index contributed by atoms with van der Waals surface area (Å²) in [6.45, 7) is 9.99. The molecule has 1 aliphatic heterocycles. The summed E-state index contributed by atoms with van der Waals surface area (Å²) < 4.78 is 0. The van der Waals surface area contributed by atoms with Crippen molar-refractivity contribution in [3.63, 3.8) is 0 Å². The molecular formula is C15H22N2O. The summed E-state index contributed by atoms with van der Waals surface area (Å²) >= 11 is 0. The molecule has 0 bridgehead atoms. The van der Waals surface area contributed by atoms with E-state index in [1.165, 1.54) is 5.56 Å². The standard InChI is InChI=1S/C15H22N2O/c1-11-5-7-13(8-6-11)14(18)17-10-15(3,4)16-9-12(17)2/h5-8,12,16H,9-10H2,1-4H3. The van der Waals surface area contributed by atoms with Gasteiger partial charge >= 0.3 is 0 Å². The van der Waals surface area contributed by atoms with E-state index in [1.54, 1.807) is 0 Å². The van der Waals surface area contributed by atoms with E-state index in [0.717, 1.165) is 18.7 Å². The van der Waals surface area contributed by atoms with E-state index < -0.39 is 0 Å². The number of amides is 1. The third kappa shape index (κ3) is 2.72. The first kappa shape index (κ1) is 13.1. The van der Waals surface area contributed by atoms with Crippen LogP contribution >= 0.6 is 0 Å². The molecule has 1 aromatic carbocycles. The van der Waals surface area contributed by atoms with Gasteiger partial charge in [0.1, 0.15) is 0 Å².